The second-order valence-electron chi connectivity index (χ2n) is 7.87. The number of hydrogen-bond donors (Lipinski definition) is 1. The number of carbonyl (C=O) groups excluding carboxylic acids is 1. The van der Waals surface area contributed by atoms with E-state index in [0.29, 0.717) is 6.54 Å². The maximum atomic E-state index is 12.4. The van der Waals surface area contributed by atoms with Crippen molar-refractivity contribution in [2.75, 3.05) is 33.2 Å². The Kier molecular flexibility index (Phi) is 7.63. The highest BCUT2D eigenvalue weighted by Gasteiger charge is 2.34. The third kappa shape index (κ3) is 5.39. The van der Waals surface area contributed by atoms with E-state index in [0.717, 1.165) is 32.0 Å². The number of piperidine rings is 1. The van der Waals surface area contributed by atoms with Crippen molar-refractivity contribution in [2.24, 2.45) is 17.1 Å². The van der Waals surface area contributed by atoms with Crippen LogP contribution in [0.4, 0.5) is 0 Å². The summed E-state index contributed by atoms with van der Waals surface area (Å²) in [6.07, 6.45) is 7.63. The van der Waals surface area contributed by atoms with Crippen molar-refractivity contribution in [3.63, 3.8) is 0 Å². The van der Waals surface area contributed by atoms with Gasteiger partial charge < -0.3 is 10.6 Å². The summed E-state index contributed by atoms with van der Waals surface area (Å²) >= 11 is 0. The monoisotopic (exact) mass is 331 g/mol. The van der Waals surface area contributed by atoms with Crippen molar-refractivity contribution in [1.29, 1.82) is 0 Å². The van der Waals surface area contributed by atoms with Gasteiger partial charge in [-0.1, -0.05) is 33.1 Å². The Bertz CT molecular complexity index is 356. The molecular weight excluding hydrogens is 298 g/mol. The predicted octanol–water partition coefficient (Wildman–Crippen LogP) is 2.51. The van der Waals surface area contributed by atoms with Gasteiger partial charge in [0, 0.05) is 32.7 Å². The number of hydrogen-bond acceptors (Lipinski definition) is 3. The number of amides is 1. The first-order chi connectivity index (χ1) is 9.88. The average molecular weight is 332 g/mol. The minimum Gasteiger partial charge on any atom is -0.344 e. The van der Waals surface area contributed by atoms with Crippen LogP contribution in [0.1, 0.15) is 52.4 Å². The number of nitrogens with two attached hydrogens (primary N) is 1. The molecule has 1 heterocycles. The van der Waals surface area contributed by atoms with Gasteiger partial charge in [0.15, 0.2) is 0 Å². The summed E-state index contributed by atoms with van der Waals surface area (Å²) < 4.78 is 0. The second kappa shape index (κ2) is 8.51. The van der Waals surface area contributed by atoms with Crippen molar-refractivity contribution in [3.8, 4) is 0 Å². The van der Waals surface area contributed by atoms with E-state index < -0.39 is 0 Å². The molecule has 2 N–H and O–H groups in total. The first kappa shape index (κ1) is 19.7. The lowest BCUT2D eigenvalue weighted by atomic mass is 9.80. The molecule has 1 amide bonds. The van der Waals surface area contributed by atoms with E-state index in [-0.39, 0.29) is 29.8 Å². The molecule has 4 nitrogen and oxygen atoms in total. The van der Waals surface area contributed by atoms with E-state index >= 15 is 0 Å². The summed E-state index contributed by atoms with van der Waals surface area (Å²) in [5, 5.41) is 0. The summed E-state index contributed by atoms with van der Waals surface area (Å²) in [4.78, 5) is 16.7. The highest BCUT2D eigenvalue weighted by atomic mass is 35.5. The van der Waals surface area contributed by atoms with Crippen LogP contribution in [0.25, 0.3) is 0 Å². The molecule has 1 atom stereocenters. The molecular formula is C17H34ClN3O. The number of likely N-dealkylation sites (tertiary alicyclic amines) is 1. The SMILES string of the molecule is CN(CC1CCCCC1)C(=O)CN1CCC(N)C(C)(C)C1.Cl. The number of nitrogens with zero attached hydrogens (tertiary/aromatic N) is 2. The Morgan fingerprint density at radius 2 is 1.86 bits per heavy atom. The topological polar surface area (TPSA) is 49.6 Å². The lowest BCUT2D eigenvalue weighted by Gasteiger charge is -2.42. The van der Waals surface area contributed by atoms with Crippen molar-refractivity contribution >= 4 is 18.3 Å². The molecule has 1 saturated carbocycles. The molecule has 2 rings (SSSR count). The fourth-order valence-corrected chi connectivity index (χ4v) is 3.79. The molecule has 1 unspecified atom stereocenters. The van der Waals surface area contributed by atoms with Gasteiger partial charge in [0.25, 0.3) is 0 Å². The van der Waals surface area contributed by atoms with E-state index in [1.165, 1.54) is 32.1 Å². The fraction of sp³-hybridized carbons (Fsp3) is 0.941. The highest BCUT2D eigenvalue weighted by Crippen LogP contribution is 2.28. The van der Waals surface area contributed by atoms with Gasteiger partial charge in [0.05, 0.1) is 6.54 Å². The quantitative estimate of drug-likeness (QED) is 0.861. The van der Waals surface area contributed by atoms with Gasteiger partial charge in [0.2, 0.25) is 5.91 Å². The number of halogens is 1. The van der Waals surface area contributed by atoms with E-state index in [1.54, 1.807) is 0 Å². The van der Waals surface area contributed by atoms with Gasteiger partial charge in [-0.05, 0) is 30.6 Å². The summed E-state index contributed by atoms with van der Waals surface area (Å²) in [5.74, 6) is 0.991. The molecule has 1 aliphatic carbocycles. The Labute approximate surface area is 142 Å². The molecule has 0 spiro atoms. The molecule has 5 heteroatoms. The minimum absolute atomic E-state index is 0. The zero-order valence-electron chi connectivity index (χ0n) is 14.5. The fourth-order valence-electron chi connectivity index (χ4n) is 3.79. The standard InChI is InChI=1S/C17H33N3O.ClH/c1-17(2)13-20(10-9-15(17)18)12-16(21)19(3)11-14-7-5-4-6-8-14;/h14-15H,4-13,18H2,1-3H3;1H. The molecule has 0 aromatic carbocycles. The van der Waals surface area contributed by atoms with Gasteiger partial charge in [0.1, 0.15) is 0 Å². The van der Waals surface area contributed by atoms with E-state index in [4.69, 9.17) is 5.73 Å². The van der Waals surface area contributed by atoms with Crippen LogP contribution < -0.4 is 5.73 Å². The van der Waals surface area contributed by atoms with Crippen LogP contribution in [-0.2, 0) is 4.79 Å². The first-order valence-corrected chi connectivity index (χ1v) is 8.60. The average Bonchev–Trinajstić information content (AvgIpc) is 2.43. The van der Waals surface area contributed by atoms with Crippen LogP contribution in [0.3, 0.4) is 0 Å². The Balaban J connectivity index is 0.00000242. The Hall–Kier alpha value is -0.320. The third-order valence-electron chi connectivity index (χ3n) is 5.43. The molecule has 130 valence electrons. The van der Waals surface area contributed by atoms with Crippen molar-refractivity contribution < 1.29 is 4.79 Å². The van der Waals surface area contributed by atoms with Crippen LogP contribution in [-0.4, -0.2) is 55.0 Å². The first-order valence-electron chi connectivity index (χ1n) is 8.60. The molecule has 0 aromatic heterocycles. The van der Waals surface area contributed by atoms with Crippen molar-refractivity contribution in [3.05, 3.63) is 0 Å². The molecule has 0 bridgehead atoms. The normalized spacial score (nSPS) is 26.3. The number of rotatable bonds is 4. The second-order valence-corrected chi connectivity index (χ2v) is 7.87. The molecule has 22 heavy (non-hydrogen) atoms. The highest BCUT2D eigenvalue weighted by molar-refractivity contribution is 5.85. The summed E-state index contributed by atoms with van der Waals surface area (Å²) in [6.45, 7) is 7.79. The zero-order valence-corrected chi connectivity index (χ0v) is 15.3. The van der Waals surface area contributed by atoms with Gasteiger partial charge in [-0.3, -0.25) is 9.69 Å². The molecule has 0 aromatic rings. The maximum Gasteiger partial charge on any atom is 0.236 e. The maximum absolute atomic E-state index is 12.4. The van der Waals surface area contributed by atoms with E-state index in [2.05, 4.69) is 18.7 Å². The van der Waals surface area contributed by atoms with Crippen LogP contribution in [0.2, 0.25) is 0 Å². The Morgan fingerprint density at radius 3 is 2.45 bits per heavy atom. The number of likely N-dealkylation sites (N-methyl/N-ethyl adjacent to an activating group) is 1. The molecule has 2 aliphatic rings. The molecule has 1 aliphatic heterocycles. The van der Waals surface area contributed by atoms with Crippen LogP contribution in [0.5, 0.6) is 0 Å². The zero-order chi connectivity index (χ0) is 15.5. The largest absolute Gasteiger partial charge is 0.344 e. The molecule has 2 fully saturated rings. The summed E-state index contributed by atoms with van der Waals surface area (Å²) in [7, 11) is 1.97. The van der Waals surface area contributed by atoms with Crippen molar-refractivity contribution in [2.45, 2.75) is 58.4 Å². The van der Waals surface area contributed by atoms with Gasteiger partial charge in [-0.2, -0.15) is 0 Å². The van der Waals surface area contributed by atoms with E-state index in [1.807, 2.05) is 11.9 Å². The van der Waals surface area contributed by atoms with Crippen LogP contribution >= 0.6 is 12.4 Å². The van der Waals surface area contributed by atoms with Gasteiger partial charge in [-0.15, -0.1) is 12.4 Å². The Morgan fingerprint density at radius 1 is 1.23 bits per heavy atom. The van der Waals surface area contributed by atoms with Crippen LogP contribution in [0.15, 0.2) is 0 Å². The van der Waals surface area contributed by atoms with E-state index in [9.17, 15) is 4.79 Å². The predicted molar refractivity (Wildman–Crippen MR) is 94.3 cm³/mol. The van der Waals surface area contributed by atoms with Crippen LogP contribution in [0, 0.1) is 11.3 Å². The van der Waals surface area contributed by atoms with Gasteiger partial charge in [-0.25, -0.2) is 0 Å². The summed E-state index contributed by atoms with van der Waals surface area (Å²) in [5.41, 5.74) is 6.28. The minimum atomic E-state index is 0. The molecule has 1 saturated heterocycles. The number of carbonyl (C=O) groups is 1. The molecule has 0 radical (unpaired) electrons. The lowest BCUT2D eigenvalue weighted by molar-refractivity contribution is -0.132. The third-order valence-corrected chi connectivity index (χ3v) is 5.43. The lowest BCUT2D eigenvalue weighted by Crippen LogP contribution is -2.54. The summed E-state index contributed by atoms with van der Waals surface area (Å²) in [6, 6.07) is 0.254. The smallest absolute Gasteiger partial charge is 0.236 e. The van der Waals surface area contributed by atoms with Gasteiger partial charge >= 0.3 is 0 Å². The van der Waals surface area contributed by atoms with Crippen molar-refractivity contribution in [1.82, 2.24) is 9.80 Å².